The molecule has 0 aromatic heterocycles. The van der Waals surface area contributed by atoms with Crippen LogP contribution in [0.25, 0.3) is 0 Å². The van der Waals surface area contributed by atoms with Gasteiger partial charge < -0.3 is 5.32 Å². The van der Waals surface area contributed by atoms with Crippen molar-refractivity contribution in [3.05, 3.63) is 0 Å². The van der Waals surface area contributed by atoms with E-state index in [1.54, 1.807) is 6.92 Å². The van der Waals surface area contributed by atoms with Gasteiger partial charge >= 0.3 is 0 Å². The lowest BCUT2D eigenvalue weighted by molar-refractivity contribution is 0.516. The van der Waals surface area contributed by atoms with Gasteiger partial charge in [-0.25, -0.2) is 8.42 Å². The van der Waals surface area contributed by atoms with Crippen LogP contribution in [0.1, 0.15) is 13.3 Å². The Kier molecular flexibility index (Phi) is 3.12. The molecular formula is C8H13NO2S. The van der Waals surface area contributed by atoms with Gasteiger partial charge in [0, 0.05) is 19.0 Å². The Hall–Kier alpha value is -0.530. The highest BCUT2D eigenvalue weighted by molar-refractivity contribution is 7.92. The summed E-state index contributed by atoms with van der Waals surface area (Å²) in [5.74, 6) is 6.29. The van der Waals surface area contributed by atoms with Crippen LogP contribution in [-0.4, -0.2) is 32.5 Å². The van der Waals surface area contributed by atoms with Crippen LogP contribution in [0.5, 0.6) is 0 Å². The van der Waals surface area contributed by atoms with E-state index in [9.17, 15) is 8.42 Å². The van der Waals surface area contributed by atoms with Crippen molar-refractivity contribution in [2.75, 3.05) is 18.1 Å². The van der Waals surface area contributed by atoms with Crippen molar-refractivity contribution in [3.8, 4) is 11.8 Å². The first-order valence-corrected chi connectivity index (χ1v) is 5.79. The van der Waals surface area contributed by atoms with Crippen LogP contribution in [0, 0.1) is 11.8 Å². The maximum atomic E-state index is 10.7. The van der Waals surface area contributed by atoms with E-state index in [0.717, 1.165) is 13.0 Å². The summed E-state index contributed by atoms with van der Waals surface area (Å²) in [5, 5.41) is 3.13. The minimum absolute atomic E-state index is 0.175. The van der Waals surface area contributed by atoms with Crippen LogP contribution in [0.3, 0.4) is 0 Å². The summed E-state index contributed by atoms with van der Waals surface area (Å²) >= 11 is 0. The van der Waals surface area contributed by atoms with E-state index in [2.05, 4.69) is 17.2 Å². The first-order chi connectivity index (χ1) is 5.64. The van der Waals surface area contributed by atoms with Crippen molar-refractivity contribution in [2.24, 2.45) is 0 Å². The van der Waals surface area contributed by atoms with Crippen molar-refractivity contribution in [1.29, 1.82) is 0 Å². The molecular weight excluding hydrogens is 174 g/mol. The predicted octanol–water partition coefficient (Wildman–Crippen LogP) is -0.214. The minimum atomic E-state index is -2.67. The van der Waals surface area contributed by atoms with E-state index in [4.69, 9.17) is 0 Å². The van der Waals surface area contributed by atoms with E-state index >= 15 is 0 Å². The van der Waals surface area contributed by atoms with Crippen LogP contribution < -0.4 is 5.32 Å². The highest BCUT2D eigenvalue weighted by Gasteiger charge is 2.32. The molecule has 12 heavy (non-hydrogen) atoms. The smallest absolute Gasteiger partial charge is 0.153 e. The van der Waals surface area contributed by atoms with Crippen molar-refractivity contribution in [3.63, 3.8) is 0 Å². The summed E-state index contributed by atoms with van der Waals surface area (Å²) in [5.41, 5.74) is 0. The Bertz CT molecular complexity index is 285. The molecule has 3 nitrogen and oxygen atoms in total. The van der Waals surface area contributed by atoms with Gasteiger partial charge in [0.1, 0.15) is 0 Å². The number of rotatable bonds is 3. The lowest BCUT2D eigenvalue weighted by Crippen LogP contribution is -2.51. The van der Waals surface area contributed by atoms with Crippen LogP contribution in [0.15, 0.2) is 0 Å². The summed E-state index contributed by atoms with van der Waals surface area (Å²) in [6, 6.07) is 0.175. The number of nitrogens with one attached hydrogen (secondary N) is 1. The van der Waals surface area contributed by atoms with Crippen molar-refractivity contribution >= 4 is 9.84 Å². The molecule has 0 unspecified atom stereocenters. The van der Waals surface area contributed by atoms with E-state index in [0.29, 0.717) is 11.5 Å². The molecule has 0 radical (unpaired) electrons. The number of sulfone groups is 1. The third kappa shape index (κ3) is 2.84. The summed E-state index contributed by atoms with van der Waals surface area (Å²) in [6.45, 7) is 2.59. The molecule has 1 heterocycles. The summed E-state index contributed by atoms with van der Waals surface area (Å²) in [6.07, 6.45) is 0.799. The van der Waals surface area contributed by atoms with E-state index in [1.165, 1.54) is 0 Å². The van der Waals surface area contributed by atoms with Crippen LogP contribution in [-0.2, 0) is 9.84 Å². The molecule has 1 aliphatic heterocycles. The molecule has 0 spiro atoms. The maximum absolute atomic E-state index is 10.7. The fourth-order valence-corrected chi connectivity index (χ4v) is 2.51. The first-order valence-electron chi connectivity index (χ1n) is 3.97. The Labute approximate surface area is 73.5 Å². The topological polar surface area (TPSA) is 46.2 Å². The summed E-state index contributed by atoms with van der Waals surface area (Å²) in [7, 11) is -2.67. The summed E-state index contributed by atoms with van der Waals surface area (Å²) < 4.78 is 21.4. The third-order valence-electron chi connectivity index (χ3n) is 1.77. The SMILES string of the molecule is CC#CCCNC1CS(=O)(=O)C1. The van der Waals surface area contributed by atoms with E-state index < -0.39 is 9.84 Å². The molecule has 0 aromatic rings. The molecule has 1 fully saturated rings. The normalized spacial score (nSPS) is 20.8. The Morgan fingerprint density at radius 1 is 1.50 bits per heavy atom. The van der Waals surface area contributed by atoms with Gasteiger partial charge in [-0.2, -0.15) is 0 Å². The first kappa shape index (κ1) is 9.56. The zero-order valence-electron chi connectivity index (χ0n) is 7.13. The molecule has 4 heteroatoms. The van der Waals surface area contributed by atoms with E-state index in [-0.39, 0.29) is 6.04 Å². The van der Waals surface area contributed by atoms with E-state index in [1.807, 2.05) is 0 Å². The molecule has 0 saturated carbocycles. The zero-order valence-corrected chi connectivity index (χ0v) is 7.95. The van der Waals surface area contributed by atoms with Crippen LogP contribution in [0.2, 0.25) is 0 Å². The highest BCUT2D eigenvalue weighted by atomic mass is 32.2. The Morgan fingerprint density at radius 3 is 2.67 bits per heavy atom. The second-order valence-electron chi connectivity index (χ2n) is 2.90. The van der Waals surface area contributed by atoms with Crippen molar-refractivity contribution in [1.82, 2.24) is 5.32 Å². The molecule has 1 saturated heterocycles. The molecule has 0 amide bonds. The van der Waals surface area contributed by atoms with Gasteiger partial charge in [0.05, 0.1) is 11.5 Å². The average molecular weight is 187 g/mol. The van der Waals surface area contributed by atoms with Gasteiger partial charge in [-0.1, -0.05) is 0 Å². The maximum Gasteiger partial charge on any atom is 0.153 e. The number of hydrogen-bond acceptors (Lipinski definition) is 3. The molecule has 0 bridgehead atoms. The largest absolute Gasteiger partial charge is 0.311 e. The second kappa shape index (κ2) is 3.92. The van der Waals surface area contributed by atoms with Gasteiger partial charge in [-0.15, -0.1) is 11.8 Å². The van der Waals surface area contributed by atoms with Crippen LogP contribution >= 0.6 is 0 Å². The standard InChI is InChI=1S/C8H13NO2S/c1-2-3-4-5-9-8-6-12(10,11)7-8/h8-9H,4-7H2,1H3. The highest BCUT2D eigenvalue weighted by Crippen LogP contribution is 2.09. The third-order valence-corrected chi connectivity index (χ3v) is 3.59. The van der Waals surface area contributed by atoms with Crippen molar-refractivity contribution < 1.29 is 8.42 Å². The van der Waals surface area contributed by atoms with Gasteiger partial charge in [-0.3, -0.25) is 0 Å². The lowest BCUT2D eigenvalue weighted by Gasteiger charge is -2.26. The van der Waals surface area contributed by atoms with Crippen LogP contribution in [0.4, 0.5) is 0 Å². The fraction of sp³-hybridized carbons (Fsp3) is 0.750. The van der Waals surface area contributed by atoms with Gasteiger partial charge in [-0.05, 0) is 6.92 Å². The quantitative estimate of drug-likeness (QED) is 0.491. The molecule has 1 aliphatic rings. The lowest BCUT2D eigenvalue weighted by atomic mass is 10.3. The average Bonchev–Trinajstić information content (AvgIpc) is 1.94. The molecule has 0 atom stereocenters. The molecule has 1 rings (SSSR count). The van der Waals surface area contributed by atoms with Crippen molar-refractivity contribution in [2.45, 2.75) is 19.4 Å². The molecule has 0 aromatic carbocycles. The molecule has 0 aliphatic carbocycles. The monoisotopic (exact) mass is 187 g/mol. The van der Waals surface area contributed by atoms with Gasteiger partial charge in [0.15, 0.2) is 9.84 Å². The molecule has 68 valence electrons. The van der Waals surface area contributed by atoms with Gasteiger partial charge in [0.2, 0.25) is 0 Å². The Morgan fingerprint density at radius 2 is 2.17 bits per heavy atom. The Balaban J connectivity index is 2.07. The van der Waals surface area contributed by atoms with Gasteiger partial charge in [0.25, 0.3) is 0 Å². The predicted molar refractivity (Wildman–Crippen MR) is 48.5 cm³/mol. The zero-order chi connectivity index (χ0) is 9.03. The minimum Gasteiger partial charge on any atom is -0.311 e. The number of hydrogen-bond donors (Lipinski definition) is 1. The fourth-order valence-electron chi connectivity index (χ4n) is 1.15. The summed E-state index contributed by atoms with van der Waals surface area (Å²) in [4.78, 5) is 0. The molecule has 1 N–H and O–H groups in total. The second-order valence-corrected chi connectivity index (χ2v) is 5.06.